The van der Waals surface area contributed by atoms with Gasteiger partial charge < -0.3 is 14.6 Å². The Balaban J connectivity index is 2.01. The van der Waals surface area contributed by atoms with Gasteiger partial charge in [0.1, 0.15) is 5.75 Å². The Morgan fingerprint density at radius 2 is 1.76 bits per heavy atom. The van der Waals surface area contributed by atoms with Gasteiger partial charge in [-0.3, -0.25) is 0 Å². The molecule has 0 saturated heterocycles. The van der Waals surface area contributed by atoms with Crippen molar-refractivity contribution in [1.29, 1.82) is 0 Å². The van der Waals surface area contributed by atoms with Gasteiger partial charge in [0, 0.05) is 13.7 Å². The molecule has 0 fully saturated rings. The number of carboxylic acid groups (broad SMARTS) is 1. The topological polar surface area (TPSA) is 102 Å². The Labute approximate surface area is 146 Å². The Hall–Kier alpha value is -2.42. The Bertz CT molecular complexity index is 790. The molecule has 0 aliphatic heterocycles. The number of nitrogens with one attached hydrogen (secondary N) is 1. The van der Waals surface area contributed by atoms with Crippen molar-refractivity contribution in [2.24, 2.45) is 0 Å². The van der Waals surface area contributed by atoms with Crippen LogP contribution in [0.2, 0.25) is 0 Å². The highest BCUT2D eigenvalue weighted by Crippen LogP contribution is 2.20. The first-order valence-electron chi connectivity index (χ1n) is 7.44. The van der Waals surface area contributed by atoms with Crippen LogP contribution in [0.3, 0.4) is 0 Å². The SMILES string of the molecule is COC(CNS(=O)(=O)c1ccccc1)c1ccc(OCC(=O)O)cc1. The summed E-state index contributed by atoms with van der Waals surface area (Å²) in [7, 11) is -2.14. The molecular formula is C17H19NO6S. The van der Waals surface area contributed by atoms with Crippen LogP contribution < -0.4 is 9.46 Å². The minimum absolute atomic E-state index is 0.0586. The van der Waals surface area contributed by atoms with Crippen molar-refractivity contribution in [2.45, 2.75) is 11.0 Å². The molecule has 0 aromatic heterocycles. The monoisotopic (exact) mass is 365 g/mol. The third-order valence-electron chi connectivity index (χ3n) is 3.41. The number of sulfonamides is 1. The summed E-state index contributed by atoms with van der Waals surface area (Å²) in [6.45, 7) is -0.368. The maximum absolute atomic E-state index is 12.2. The van der Waals surface area contributed by atoms with Crippen LogP contribution in [0, 0.1) is 0 Å². The van der Waals surface area contributed by atoms with Gasteiger partial charge in [0.15, 0.2) is 6.61 Å². The van der Waals surface area contributed by atoms with Gasteiger partial charge in [-0.05, 0) is 29.8 Å². The first-order chi connectivity index (χ1) is 11.9. The van der Waals surface area contributed by atoms with E-state index in [9.17, 15) is 13.2 Å². The Morgan fingerprint density at radius 1 is 1.12 bits per heavy atom. The van der Waals surface area contributed by atoms with Crippen LogP contribution in [0.5, 0.6) is 5.75 Å². The molecular weight excluding hydrogens is 346 g/mol. The lowest BCUT2D eigenvalue weighted by Crippen LogP contribution is -2.29. The molecule has 25 heavy (non-hydrogen) atoms. The summed E-state index contributed by atoms with van der Waals surface area (Å²) < 4.78 is 37.4. The molecule has 2 N–H and O–H groups in total. The quantitative estimate of drug-likeness (QED) is 0.703. The van der Waals surface area contributed by atoms with Crippen LogP contribution in [0.15, 0.2) is 59.5 Å². The molecule has 2 aromatic rings. The van der Waals surface area contributed by atoms with Gasteiger partial charge >= 0.3 is 5.97 Å². The van der Waals surface area contributed by atoms with E-state index in [0.29, 0.717) is 5.75 Å². The third kappa shape index (κ3) is 5.56. The second-order valence-corrected chi connectivity index (χ2v) is 6.91. The molecule has 1 atom stereocenters. The fourth-order valence-corrected chi connectivity index (χ4v) is 3.18. The molecule has 0 aliphatic carbocycles. The molecule has 2 rings (SSSR count). The minimum Gasteiger partial charge on any atom is -0.482 e. The second kappa shape index (κ2) is 8.61. The van der Waals surface area contributed by atoms with Crippen molar-refractivity contribution in [2.75, 3.05) is 20.3 Å². The van der Waals surface area contributed by atoms with Gasteiger partial charge in [0.05, 0.1) is 11.0 Å². The van der Waals surface area contributed by atoms with Crippen LogP contribution in [0.25, 0.3) is 0 Å². The molecule has 1 unspecified atom stereocenters. The molecule has 0 amide bonds. The fourth-order valence-electron chi connectivity index (χ4n) is 2.13. The third-order valence-corrected chi connectivity index (χ3v) is 4.85. The standard InChI is InChI=1S/C17H19NO6S/c1-23-16(11-18-25(21,22)15-5-3-2-4-6-15)13-7-9-14(10-8-13)24-12-17(19)20/h2-10,16,18H,11-12H2,1H3,(H,19,20). The highest BCUT2D eigenvalue weighted by molar-refractivity contribution is 7.89. The number of hydrogen-bond donors (Lipinski definition) is 2. The summed E-state index contributed by atoms with van der Waals surface area (Å²) in [6, 6.07) is 14.7. The Morgan fingerprint density at radius 3 is 2.32 bits per heavy atom. The van der Waals surface area contributed by atoms with Crippen LogP contribution in [0.4, 0.5) is 0 Å². The van der Waals surface area contributed by atoms with Gasteiger partial charge in [-0.2, -0.15) is 0 Å². The number of ether oxygens (including phenoxy) is 2. The van der Waals surface area contributed by atoms with Gasteiger partial charge in [-0.15, -0.1) is 0 Å². The van der Waals surface area contributed by atoms with Crippen molar-refractivity contribution in [3.05, 3.63) is 60.2 Å². The predicted molar refractivity (Wildman–Crippen MR) is 91.0 cm³/mol. The van der Waals surface area contributed by atoms with E-state index in [0.717, 1.165) is 5.56 Å². The zero-order valence-electron chi connectivity index (χ0n) is 13.6. The summed E-state index contributed by atoms with van der Waals surface area (Å²) >= 11 is 0. The maximum atomic E-state index is 12.2. The summed E-state index contributed by atoms with van der Waals surface area (Å²) in [4.78, 5) is 10.7. The number of carboxylic acids is 1. The number of benzene rings is 2. The van der Waals surface area contributed by atoms with E-state index in [2.05, 4.69) is 4.72 Å². The number of carbonyl (C=O) groups is 1. The molecule has 0 radical (unpaired) electrons. The summed E-state index contributed by atoms with van der Waals surface area (Å²) in [5.41, 5.74) is 0.737. The molecule has 2 aromatic carbocycles. The number of rotatable bonds is 9. The van der Waals surface area contributed by atoms with E-state index in [1.165, 1.54) is 19.2 Å². The van der Waals surface area contributed by atoms with Crippen molar-refractivity contribution < 1.29 is 27.8 Å². The zero-order valence-corrected chi connectivity index (χ0v) is 14.4. The van der Waals surface area contributed by atoms with Crippen LogP contribution in [0.1, 0.15) is 11.7 Å². The lowest BCUT2D eigenvalue weighted by Gasteiger charge is -2.17. The average molecular weight is 365 g/mol. The van der Waals surface area contributed by atoms with E-state index < -0.39 is 28.7 Å². The van der Waals surface area contributed by atoms with Gasteiger partial charge in [0.2, 0.25) is 10.0 Å². The van der Waals surface area contributed by atoms with Crippen molar-refractivity contribution in [3.8, 4) is 5.75 Å². The van der Waals surface area contributed by atoms with Crippen LogP contribution in [-0.4, -0.2) is 39.8 Å². The van der Waals surface area contributed by atoms with Crippen molar-refractivity contribution in [3.63, 3.8) is 0 Å². The van der Waals surface area contributed by atoms with E-state index >= 15 is 0 Å². The van der Waals surface area contributed by atoms with E-state index in [1.54, 1.807) is 42.5 Å². The van der Waals surface area contributed by atoms with Crippen molar-refractivity contribution >= 4 is 16.0 Å². The summed E-state index contributed by atoms with van der Waals surface area (Å²) in [5.74, 6) is -0.653. The minimum atomic E-state index is -3.62. The highest BCUT2D eigenvalue weighted by atomic mass is 32.2. The fraction of sp³-hybridized carbons (Fsp3) is 0.235. The highest BCUT2D eigenvalue weighted by Gasteiger charge is 2.17. The average Bonchev–Trinajstić information content (AvgIpc) is 2.62. The van der Waals surface area contributed by atoms with Gasteiger partial charge in [-0.1, -0.05) is 30.3 Å². The lowest BCUT2D eigenvalue weighted by atomic mass is 10.1. The maximum Gasteiger partial charge on any atom is 0.341 e. The molecule has 8 heteroatoms. The first-order valence-corrected chi connectivity index (χ1v) is 8.93. The number of aliphatic carboxylic acids is 1. The van der Waals surface area contributed by atoms with Crippen molar-refractivity contribution in [1.82, 2.24) is 4.72 Å². The largest absolute Gasteiger partial charge is 0.482 e. The molecule has 0 aliphatic rings. The van der Waals surface area contributed by atoms with Crippen LogP contribution >= 0.6 is 0 Å². The van der Waals surface area contributed by atoms with E-state index in [1.807, 2.05) is 0 Å². The Kier molecular flexibility index (Phi) is 6.51. The van der Waals surface area contributed by atoms with Crippen LogP contribution in [-0.2, 0) is 19.6 Å². The molecule has 0 heterocycles. The first kappa shape index (κ1) is 18.9. The normalized spacial score (nSPS) is 12.5. The predicted octanol–water partition coefficient (Wildman–Crippen LogP) is 1.82. The molecule has 134 valence electrons. The van der Waals surface area contributed by atoms with Gasteiger partial charge in [0.25, 0.3) is 0 Å². The molecule has 7 nitrogen and oxygen atoms in total. The number of methoxy groups -OCH3 is 1. The smallest absolute Gasteiger partial charge is 0.341 e. The summed E-state index contributed by atoms with van der Waals surface area (Å²) in [6.07, 6.45) is -0.494. The zero-order chi connectivity index (χ0) is 18.3. The molecule has 0 spiro atoms. The lowest BCUT2D eigenvalue weighted by molar-refractivity contribution is -0.139. The summed E-state index contributed by atoms with van der Waals surface area (Å²) in [5, 5.41) is 8.59. The molecule has 0 saturated carbocycles. The van der Waals surface area contributed by atoms with Gasteiger partial charge in [-0.25, -0.2) is 17.9 Å². The second-order valence-electron chi connectivity index (χ2n) is 5.14. The van der Waals surface area contributed by atoms with E-state index in [4.69, 9.17) is 14.6 Å². The molecule has 0 bridgehead atoms. The van der Waals surface area contributed by atoms with E-state index in [-0.39, 0.29) is 11.4 Å². The number of hydrogen-bond acceptors (Lipinski definition) is 5.